The molecule has 0 fully saturated rings. The lowest BCUT2D eigenvalue weighted by Gasteiger charge is -2.35. The summed E-state index contributed by atoms with van der Waals surface area (Å²) >= 11 is 0. The van der Waals surface area contributed by atoms with E-state index in [-0.39, 0.29) is 24.6 Å². The normalized spacial score (nSPS) is 12.6. The first kappa shape index (κ1) is 32.2. The van der Waals surface area contributed by atoms with Crippen molar-refractivity contribution >= 4 is 17.9 Å². The number of carbonyl (C=O) groups is 3. The van der Waals surface area contributed by atoms with Crippen LogP contribution in [0.4, 0.5) is 4.79 Å². The molecular weight excluding hydrogens is 530 g/mol. The molecule has 3 rings (SSSR count). The van der Waals surface area contributed by atoms with Gasteiger partial charge in [-0.2, -0.15) is 0 Å². The Morgan fingerprint density at radius 1 is 0.881 bits per heavy atom. The van der Waals surface area contributed by atoms with Crippen LogP contribution in [0.3, 0.4) is 0 Å². The second-order valence-electron chi connectivity index (χ2n) is 11.5. The minimum atomic E-state index is -1.02. The Labute approximate surface area is 249 Å². The van der Waals surface area contributed by atoms with Crippen LogP contribution >= 0.6 is 0 Å². The van der Waals surface area contributed by atoms with Crippen molar-refractivity contribution in [3.8, 4) is 5.75 Å². The highest BCUT2D eigenvalue weighted by Crippen LogP contribution is 2.29. The topological polar surface area (TPSA) is 108 Å². The van der Waals surface area contributed by atoms with E-state index in [0.717, 1.165) is 27.8 Å². The summed E-state index contributed by atoms with van der Waals surface area (Å²) in [6.45, 7) is 11.7. The number of aromatic hydroxyl groups is 1. The lowest BCUT2D eigenvalue weighted by atomic mass is 9.93. The van der Waals surface area contributed by atoms with Crippen molar-refractivity contribution in [3.63, 3.8) is 0 Å². The summed E-state index contributed by atoms with van der Waals surface area (Å²) in [5.74, 6) is -0.614. The van der Waals surface area contributed by atoms with Crippen LogP contribution in [0, 0.1) is 13.8 Å². The van der Waals surface area contributed by atoms with Crippen molar-refractivity contribution < 1.29 is 24.2 Å². The maximum atomic E-state index is 14.4. The molecule has 3 amide bonds. The van der Waals surface area contributed by atoms with Crippen LogP contribution in [0.15, 0.2) is 72.8 Å². The molecule has 8 heteroatoms. The number of phenolic OH excluding ortho intramolecular Hbond substituents is 1. The van der Waals surface area contributed by atoms with Gasteiger partial charge in [-0.25, -0.2) is 4.79 Å². The second-order valence-corrected chi connectivity index (χ2v) is 11.5. The molecular formula is C34H43N3O5. The molecule has 0 saturated carbocycles. The molecule has 0 aliphatic rings. The third-order valence-electron chi connectivity index (χ3n) is 6.80. The predicted molar refractivity (Wildman–Crippen MR) is 164 cm³/mol. The fraction of sp³-hybridized carbons (Fsp3) is 0.382. The van der Waals surface area contributed by atoms with Gasteiger partial charge in [-0.05, 0) is 81.0 Å². The molecule has 2 atom stereocenters. The van der Waals surface area contributed by atoms with E-state index in [4.69, 9.17) is 4.74 Å². The molecule has 3 N–H and O–H groups in total. The number of nitrogens with zero attached hydrogens (tertiary/aromatic N) is 1. The maximum absolute atomic E-state index is 14.4. The van der Waals surface area contributed by atoms with E-state index >= 15 is 0 Å². The summed E-state index contributed by atoms with van der Waals surface area (Å²) in [7, 11) is 0. The quantitative estimate of drug-likeness (QED) is 0.271. The van der Waals surface area contributed by atoms with Crippen LogP contribution in [-0.2, 0) is 27.3 Å². The minimum absolute atomic E-state index is 0.0968. The van der Waals surface area contributed by atoms with Gasteiger partial charge in [-0.3, -0.25) is 9.59 Å². The van der Waals surface area contributed by atoms with Crippen molar-refractivity contribution in [2.75, 3.05) is 6.54 Å². The largest absolute Gasteiger partial charge is 0.508 e. The van der Waals surface area contributed by atoms with Crippen LogP contribution in [0.5, 0.6) is 5.75 Å². The van der Waals surface area contributed by atoms with Gasteiger partial charge in [-0.1, -0.05) is 67.6 Å². The number of aryl methyl sites for hydroxylation is 2. The Bertz CT molecular complexity index is 1330. The molecule has 8 nitrogen and oxygen atoms in total. The van der Waals surface area contributed by atoms with Gasteiger partial charge < -0.3 is 25.4 Å². The summed E-state index contributed by atoms with van der Waals surface area (Å²) in [6, 6.07) is 19.9. The smallest absolute Gasteiger partial charge is 0.408 e. The third-order valence-corrected chi connectivity index (χ3v) is 6.80. The summed E-state index contributed by atoms with van der Waals surface area (Å²) in [4.78, 5) is 43.0. The van der Waals surface area contributed by atoms with E-state index in [1.807, 2.05) is 69.3 Å². The van der Waals surface area contributed by atoms with Gasteiger partial charge in [0.25, 0.3) is 0 Å². The average molecular weight is 574 g/mol. The zero-order valence-corrected chi connectivity index (χ0v) is 25.4. The van der Waals surface area contributed by atoms with Crippen molar-refractivity contribution in [1.82, 2.24) is 15.5 Å². The molecule has 42 heavy (non-hydrogen) atoms. The zero-order chi connectivity index (χ0) is 30.9. The highest BCUT2D eigenvalue weighted by Gasteiger charge is 2.37. The van der Waals surface area contributed by atoms with Gasteiger partial charge in [0.1, 0.15) is 23.4 Å². The summed E-state index contributed by atoms with van der Waals surface area (Å²) in [6.07, 6.45) is 0.00879. The number of carbonyl (C=O) groups excluding carboxylic acids is 3. The van der Waals surface area contributed by atoms with Gasteiger partial charge in [0.2, 0.25) is 11.8 Å². The lowest BCUT2D eigenvalue weighted by Crippen LogP contribution is -2.54. The fourth-order valence-corrected chi connectivity index (χ4v) is 4.89. The monoisotopic (exact) mass is 573 g/mol. The fourth-order valence-electron chi connectivity index (χ4n) is 4.89. The van der Waals surface area contributed by atoms with E-state index in [0.29, 0.717) is 13.0 Å². The SMILES string of the molecule is CCCN(C(=O)C(Cc1ccc(O)cc1)NC(=O)OC(C)(C)C)C(C(=O)NCc1ccccc1)c1c(C)cccc1C. The lowest BCUT2D eigenvalue weighted by molar-refractivity contribution is -0.142. The summed E-state index contributed by atoms with van der Waals surface area (Å²) < 4.78 is 5.49. The van der Waals surface area contributed by atoms with Gasteiger partial charge >= 0.3 is 6.09 Å². The molecule has 224 valence electrons. The number of alkyl carbamates (subject to hydrolysis) is 1. The first-order valence-corrected chi connectivity index (χ1v) is 14.3. The van der Waals surface area contributed by atoms with Crippen LogP contribution in [-0.4, -0.2) is 46.1 Å². The highest BCUT2D eigenvalue weighted by molar-refractivity contribution is 5.92. The molecule has 3 aromatic rings. The van der Waals surface area contributed by atoms with Gasteiger partial charge in [0.15, 0.2) is 0 Å². The number of hydrogen-bond acceptors (Lipinski definition) is 5. The minimum Gasteiger partial charge on any atom is -0.508 e. The Morgan fingerprint density at radius 2 is 1.50 bits per heavy atom. The van der Waals surface area contributed by atoms with Crippen molar-refractivity contribution in [2.24, 2.45) is 0 Å². The Balaban J connectivity index is 2.04. The molecule has 0 saturated heterocycles. The van der Waals surface area contributed by atoms with Crippen LogP contribution < -0.4 is 10.6 Å². The average Bonchev–Trinajstić information content (AvgIpc) is 2.93. The number of phenols is 1. The van der Waals surface area contributed by atoms with E-state index in [9.17, 15) is 19.5 Å². The second kappa shape index (κ2) is 14.5. The number of nitrogens with one attached hydrogen (secondary N) is 2. The molecule has 0 bridgehead atoms. The molecule has 0 spiro atoms. The molecule has 3 aromatic carbocycles. The van der Waals surface area contributed by atoms with Crippen LogP contribution in [0.25, 0.3) is 0 Å². The van der Waals surface area contributed by atoms with Crippen molar-refractivity contribution in [1.29, 1.82) is 0 Å². The molecule has 0 aromatic heterocycles. The number of rotatable bonds is 11. The molecule has 2 unspecified atom stereocenters. The number of ether oxygens (including phenoxy) is 1. The summed E-state index contributed by atoms with van der Waals surface area (Å²) in [5, 5.41) is 15.6. The Hall–Kier alpha value is -4.33. The van der Waals surface area contributed by atoms with Crippen LogP contribution in [0.1, 0.15) is 68.0 Å². The van der Waals surface area contributed by atoms with Crippen LogP contribution in [0.2, 0.25) is 0 Å². The van der Waals surface area contributed by atoms with Gasteiger partial charge in [0, 0.05) is 19.5 Å². The van der Waals surface area contributed by atoms with E-state index in [2.05, 4.69) is 10.6 Å². The van der Waals surface area contributed by atoms with Crippen molar-refractivity contribution in [2.45, 2.75) is 78.6 Å². The van der Waals surface area contributed by atoms with E-state index in [1.165, 1.54) is 12.1 Å². The molecule has 0 heterocycles. The van der Waals surface area contributed by atoms with E-state index in [1.54, 1.807) is 37.8 Å². The molecule has 0 aliphatic heterocycles. The van der Waals surface area contributed by atoms with Gasteiger partial charge in [0.05, 0.1) is 0 Å². The van der Waals surface area contributed by atoms with Crippen molar-refractivity contribution in [3.05, 3.63) is 101 Å². The zero-order valence-electron chi connectivity index (χ0n) is 25.4. The molecule has 0 radical (unpaired) electrons. The Kier molecular flexibility index (Phi) is 11.1. The highest BCUT2D eigenvalue weighted by atomic mass is 16.6. The number of benzene rings is 3. The molecule has 0 aliphatic carbocycles. The van der Waals surface area contributed by atoms with E-state index < -0.39 is 29.7 Å². The number of hydrogen-bond donors (Lipinski definition) is 3. The first-order valence-electron chi connectivity index (χ1n) is 14.3. The third kappa shape index (κ3) is 9.09. The summed E-state index contributed by atoms with van der Waals surface area (Å²) in [5.41, 5.74) is 3.44. The standard InChI is InChI=1S/C34H43N3O5/c1-7-20-37(32(40)28(36-33(41)42-34(4,5)6)21-25-16-18-27(38)19-17-25)30(29-23(2)12-11-13-24(29)3)31(39)35-22-26-14-9-8-10-15-26/h8-19,28,30,38H,7,20-22H2,1-6H3,(H,35,39)(H,36,41). The Morgan fingerprint density at radius 3 is 2.07 bits per heavy atom. The number of amides is 3. The first-order chi connectivity index (χ1) is 19.9. The maximum Gasteiger partial charge on any atom is 0.408 e. The predicted octanol–water partition coefficient (Wildman–Crippen LogP) is 5.74. The van der Waals surface area contributed by atoms with Gasteiger partial charge in [-0.15, -0.1) is 0 Å².